The Morgan fingerprint density at radius 2 is 1.62 bits per heavy atom. The van der Waals surface area contributed by atoms with Gasteiger partial charge in [-0.25, -0.2) is 0 Å². The Hall–Kier alpha value is -3.58. The molecule has 0 aliphatic heterocycles. The van der Waals surface area contributed by atoms with Crippen molar-refractivity contribution >= 4 is 40.9 Å². The maximum Gasteiger partial charge on any atom is 0.250 e. The number of nitrogens with one attached hydrogen (secondary N) is 2. The van der Waals surface area contributed by atoms with Gasteiger partial charge in [0.1, 0.15) is 5.25 Å². The second kappa shape index (κ2) is 11.2. The first-order valence-electron chi connectivity index (χ1n) is 10.3. The van der Waals surface area contributed by atoms with E-state index in [0.29, 0.717) is 17.8 Å². The zero-order chi connectivity index (χ0) is 22.9. The predicted octanol–water partition coefficient (Wildman–Crippen LogP) is 5.00. The van der Waals surface area contributed by atoms with Crippen LogP contribution < -0.4 is 16.4 Å². The molecular weight excluding hydrogens is 422 g/mol. The maximum atomic E-state index is 13.3. The van der Waals surface area contributed by atoms with E-state index in [1.807, 2.05) is 61.5 Å². The standard InChI is InChI=1S/C25H25N3O3S/c1-2-9-22(29)27-18-12-8-13-19(16-18)32-23(17-10-4-3-5-11-17)25(31)28-21-15-7-6-14-20(21)24(26)30/h3-8,10-16,23H,2,9H2,1H3,(H2,26,30)(H,27,29)(H,28,31). The summed E-state index contributed by atoms with van der Waals surface area (Å²) in [6.07, 6.45) is 1.22. The van der Waals surface area contributed by atoms with Crippen molar-refractivity contribution in [3.63, 3.8) is 0 Å². The number of anilines is 2. The monoisotopic (exact) mass is 447 g/mol. The van der Waals surface area contributed by atoms with Crippen LogP contribution in [0.3, 0.4) is 0 Å². The van der Waals surface area contributed by atoms with Gasteiger partial charge in [0, 0.05) is 17.0 Å². The summed E-state index contributed by atoms with van der Waals surface area (Å²) in [7, 11) is 0. The summed E-state index contributed by atoms with van der Waals surface area (Å²) in [5, 5.41) is 5.14. The molecule has 164 valence electrons. The molecule has 0 aromatic heterocycles. The largest absolute Gasteiger partial charge is 0.366 e. The minimum Gasteiger partial charge on any atom is -0.366 e. The fraction of sp³-hybridized carbons (Fsp3) is 0.160. The average Bonchev–Trinajstić information content (AvgIpc) is 2.78. The maximum absolute atomic E-state index is 13.3. The lowest BCUT2D eigenvalue weighted by atomic mass is 10.1. The second-order valence-electron chi connectivity index (χ2n) is 7.13. The molecule has 7 heteroatoms. The predicted molar refractivity (Wildman–Crippen MR) is 129 cm³/mol. The van der Waals surface area contributed by atoms with Crippen molar-refractivity contribution in [1.29, 1.82) is 0 Å². The number of primary amides is 1. The Morgan fingerprint density at radius 1 is 0.906 bits per heavy atom. The molecule has 0 radical (unpaired) electrons. The van der Waals surface area contributed by atoms with E-state index in [0.717, 1.165) is 16.9 Å². The molecule has 3 aromatic rings. The van der Waals surface area contributed by atoms with Crippen molar-refractivity contribution in [2.24, 2.45) is 5.73 Å². The molecule has 0 spiro atoms. The van der Waals surface area contributed by atoms with Crippen LogP contribution in [0.15, 0.2) is 83.8 Å². The van der Waals surface area contributed by atoms with Gasteiger partial charge in [-0.1, -0.05) is 55.5 Å². The molecule has 0 aliphatic rings. The zero-order valence-electron chi connectivity index (χ0n) is 17.7. The molecule has 0 heterocycles. The number of carbonyl (C=O) groups is 3. The molecule has 0 aliphatic carbocycles. The van der Waals surface area contributed by atoms with E-state index >= 15 is 0 Å². The topological polar surface area (TPSA) is 101 Å². The molecule has 3 rings (SSSR count). The van der Waals surface area contributed by atoms with Gasteiger partial charge in [-0.15, -0.1) is 11.8 Å². The second-order valence-corrected chi connectivity index (χ2v) is 8.31. The molecule has 4 N–H and O–H groups in total. The number of carbonyl (C=O) groups excluding carboxylic acids is 3. The lowest BCUT2D eigenvalue weighted by Crippen LogP contribution is -2.22. The quantitative estimate of drug-likeness (QED) is 0.402. The highest BCUT2D eigenvalue weighted by atomic mass is 32.2. The van der Waals surface area contributed by atoms with Gasteiger partial charge in [0.2, 0.25) is 11.8 Å². The Kier molecular flexibility index (Phi) is 8.05. The van der Waals surface area contributed by atoms with Crippen molar-refractivity contribution in [2.45, 2.75) is 29.9 Å². The Labute approximate surface area is 191 Å². The molecule has 0 saturated carbocycles. The number of hydrogen-bond donors (Lipinski definition) is 3. The minimum atomic E-state index is -0.611. The minimum absolute atomic E-state index is 0.0462. The van der Waals surface area contributed by atoms with E-state index in [1.165, 1.54) is 11.8 Å². The number of nitrogens with two attached hydrogens (primary N) is 1. The van der Waals surface area contributed by atoms with Gasteiger partial charge < -0.3 is 16.4 Å². The van der Waals surface area contributed by atoms with Crippen LogP contribution in [0.25, 0.3) is 0 Å². The summed E-state index contributed by atoms with van der Waals surface area (Å²) >= 11 is 1.36. The van der Waals surface area contributed by atoms with Crippen LogP contribution in [0.2, 0.25) is 0 Å². The fourth-order valence-corrected chi connectivity index (χ4v) is 4.22. The normalized spacial score (nSPS) is 11.4. The zero-order valence-corrected chi connectivity index (χ0v) is 18.5. The van der Waals surface area contributed by atoms with Gasteiger partial charge >= 0.3 is 0 Å². The van der Waals surface area contributed by atoms with Gasteiger partial charge in [-0.3, -0.25) is 14.4 Å². The number of amides is 3. The van der Waals surface area contributed by atoms with Crippen molar-refractivity contribution in [2.75, 3.05) is 10.6 Å². The van der Waals surface area contributed by atoms with E-state index in [4.69, 9.17) is 5.73 Å². The molecule has 1 unspecified atom stereocenters. The first-order chi connectivity index (χ1) is 15.5. The third-order valence-electron chi connectivity index (χ3n) is 4.64. The molecule has 6 nitrogen and oxygen atoms in total. The molecule has 3 amide bonds. The highest BCUT2D eigenvalue weighted by Gasteiger charge is 2.23. The van der Waals surface area contributed by atoms with E-state index in [-0.39, 0.29) is 17.4 Å². The third-order valence-corrected chi connectivity index (χ3v) is 5.89. The highest BCUT2D eigenvalue weighted by molar-refractivity contribution is 8.00. The SMILES string of the molecule is CCCC(=O)Nc1cccc(SC(C(=O)Nc2ccccc2C(N)=O)c2ccccc2)c1. The van der Waals surface area contributed by atoms with Crippen LogP contribution in [-0.2, 0) is 9.59 Å². The van der Waals surface area contributed by atoms with Crippen LogP contribution in [0.5, 0.6) is 0 Å². The van der Waals surface area contributed by atoms with Crippen molar-refractivity contribution < 1.29 is 14.4 Å². The van der Waals surface area contributed by atoms with Crippen LogP contribution in [-0.4, -0.2) is 17.7 Å². The van der Waals surface area contributed by atoms with Crippen molar-refractivity contribution in [3.8, 4) is 0 Å². The first-order valence-corrected chi connectivity index (χ1v) is 11.2. The summed E-state index contributed by atoms with van der Waals surface area (Å²) in [5.41, 5.74) is 7.56. The summed E-state index contributed by atoms with van der Waals surface area (Å²) < 4.78 is 0. The average molecular weight is 448 g/mol. The van der Waals surface area contributed by atoms with Crippen molar-refractivity contribution in [1.82, 2.24) is 0 Å². The molecular formula is C25H25N3O3S. The lowest BCUT2D eigenvalue weighted by molar-refractivity contribution is -0.116. The van der Waals surface area contributed by atoms with Gasteiger partial charge in [0.25, 0.3) is 5.91 Å². The molecule has 0 saturated heterocycles. The van der Waals surface area contributed by atoms with Crippen LogP contribution in [0.1, 0.15) is 40.9 Å². The third kappa shape index (κ3) is 6.21. The van der Waals surface area contributed by atoms with Crippen LogP contribution in [0, 0.1) is 0 Å². The molecule has 0 fully saturated rings. The summed E-state index contributed by atoms with van der Waals surface area (Å²) in [6, 6.07) is 23.4. The molecule has 1 atom stereocenters. The number of benzene rings is 3. The van der Waals surface area contributed by atoms with Gasteiger partial charge in [-0.2, -0.15) is 0 Å². The number of hydrogen-bond acceptors (Lipinski definition) is 4. The highest BCUT2D eigenvalue weighted by Crippen LogP contribution is 2.37. The van der Waals surface area contributed by atoms with Gasteiger partial charge in [-0.05, 0) is 42.3 Å². The Morgan fingerprint density at radius 3 is 2.34 bits per heavy atom. The first kappa shape index (κ1) is 23.1. The lowest BCUT2D eigenvalue weighted by Gasteiger charge is -2.18. The smallest absolute Gasteiger partial charge is 0.250 e. The molecule has 32 heavy (non-hydrogen) atoms. The Balaban J connectivity index is 1.86. The van der Waals surface area contributed by atoms with Gasteiger partial charge in [0.05, 0.1) is 11.3 Å². The number of para-hydroxylation sites is 1. The van der Waals surface area contributed by atoms with Crippen LogP contribution in [0.4, 0.5) is 11.4 Å². The van der Waals surface area contributed by atoms with Crippen LogP contribution >= 0.6 is 11.8 Å². The Bertz CT molecular complexity index is 1100. The summed E-state index contributed by atoms with van der Waals surface area (Å²) in [5.74, 6) is -0.939. The summed E-state index contributed by atoms with van der Waals surface area (Å²) in [4.78, 5) is 37.8. The fourth-order valence-electron chi connectivity index (χ4n) is 3.14. The summed E-state index contributed by atoms with van der Waals surface area (Å²) in [6.45, 7) is 1.95. The van der Waals surface area contributed by atoms with E-state index < -0.39 is 11.2 Å². The van der Waals surface area contributed by atoms with Gasteiger partial charge in [0.15, 0.2) is 0 Å². The van der Waals surface area contributed by atoms with Crippen molar-refractivity contribution in [3.05, 3.63) is 90.0 Å². The number of thioether (sulfide) groups is 1. The molecule has 0 bridgehead atoms. The van der Waals surface area contributed by atoms with E-state index in [9.17, 15) is 14.4 Å². The van der Waals surface area contributed by atoms with E-state index in [2.05, 4.69) is 10.6 Å². The van der Waals surface area contributed by atoms with E-state index in [1.54, 1.807) is 24.3 Å². The number of rotatable bonds is 9. The molecule has 3 aromatic carbocycles.